The van der Waals surface area contributed by atoms with Crippen LogP contribution in [0.1, 0.15) is 27.7 Å². The molecule has 176 valence electrons. The molecule has 0 aliphatic carbocycles. The minimum absolute atomic E-state index is 0.0865. The van der Waals surface area contributed by atoms with Crippen molar-refractivity contribution in [2.75, 3.05) is 25.1 Å². The molecule has 2 aromatic carbocycles. The lowest BCUT2D eigenvalue weighted by atomic mass is 9.93. The third kappa shape index (κ3) is 5.91. The SMILES string of the molecule is COc1ccc(S(=O)(=O)N(CC(=O)NC(C(C)C)C(C)C)c2ccc(F)cc2)cc1OC. The molecular formula is C23H31FN2O5S. The van der Waals surface area contributed by atoms with Crippen LogP contribution in [0.25, 0.3) is 0 Å². The van der Waals surface area contributed by atoms with Crippen LogP contribution in [0.4, 0.5) is 10.1 Å². The number of anilines is 1. The first kappa shape index (κ1) is 25.5. The summed E-state index contributed by atoms with van der Waals surface area (Å²) in [5.41, 5.74) is 0.168. The Bertz CT molecular complexity index is 1020. The van der Waals surface area contributed by atoms with Gasteiger partial charge in [0.2, 0.25) is 5.91 Å². The number of hydrogen-bond acceptors (Lipinski definition) is 5. The molecule has 7 nitrogen and oxygen atoms in total. The number of carbonyl (C=O) groups is 1. The monoisotopic (exact) mass is 466 g/mol. The Balaban J connectivity index is 2.47. The van der Waals surface area contributed by atoms with Crippen LogP contribution >= 0.6 is 0 Å². The zero-order valence-corrected chi connectivity index (χ0v) is 20.1. The second-order valence-corrected chi connectivity index (χ2v) is 9.95. The highest BCUT2D eigenvalue weighted by atomic mass is 32.2. The summed E-state index contributed by atoms with van der Waals surface area (Å²) < 4.78 is 51.9. The molecule has 0 radical (unpaired) electrons. The maximum atomic E-state index is 13.5. The van der Waals surface area contributed by atoms with E-state index in [4.69, 9.17) is 9.47 Å². The number of benzene rings is 2. The largest absolute Gasteiger partial charge is 0.493 e. The Morgan fingerprint density at radius 2 is 1.53 bits per heavy atom. The van der Waals surface area contributed by atoms with Crippen molar-refractivity contribution in [2.24, 2.45) is 11.8 Å². The minimum atomic E-state index is -4.18. The van der Waals surface area contributed by atoms with Crippen molar-refractivity contribution in [3.8, 4) is 11.5 Å². The van der Waals surface area contributed by atoms with E-state index in [0.29, 0.717) is 5.75 Å². The first-order valence-electron chi connectivity index (χ1n) is 10.3. The van der Waals surface area contributed by atoms with Gasteiger partial charge in [0, 0.05) is 12.1 Å². The van der Waals surface area contributed by atoms with Crippen molar-refractivity contribution in [3.63, 3.8) is 0 Å². The Hall–Kier alpha value is -2.81. The van der Waals surface area contributed by atoms with E-state index in [1.807, 2.05) is 27.7 Å². The van der Waals surface area contributed by atoms with Gasteiger partial charge >= 0.3 is 0 Å². The van der Waals surface area contributed by atoms with Gasteiger partial charge in [-0.15, -0.1) is 0 Å². The van der Waals surface area contributed by atoms with Crippen LogP contribution in [0.15, 0.2) is 47.4 Å². The predicted molar refractivity (Wildman–Crippen MR) is 122 cm³/mol. The van der Waals surface area contributed by atoms with Crippen molar-refractivity contribution in [3.05, 3.63) is 48.3 Å². The predicted octanol–water partition coefficient (Wildman–Crippen LogP) is 3.84. The van der Waals surface area contributed by atoms with Gasteiger partial charge in [-0.05, 0) is 48.2 Å². The molecule has 0 heterocycles. The quantitative estimate of drug-likeness (QED) is 0.575. The highest BCUT2D eigenvalue weighted by Crippen LogP contribution is 2.32. The topological polar surface area (TPSA) is 84.9 Å². The van der Waals surface area contributed by atoms with Crippen molar-refractivity contribution < 1.29 is 27.1 Å². The molecule has 0 aliphatic heterocycles. The highest BCUT2D eigenvalue weighted by molar-refractivity contribution is 7.92. The van der Waals surface area contributed by atoms with Gasteiger partial charge < -0.3 is 14.8 Å². The van der Waals surface area contributed by atoms with E-state index >= 15 is 0 Å². The molecule has 0 saturated heterocycles. The van der Waals surface area contributed by atoms with E-state index in [0.717, 1.165) is 16.4 Å². The van der Waals surface area contributed by atoms with Crippen LogP contribution in [0.5, 0.6) is 11.5 Å². The average Bonchev–Trinajstić information content (AvgIpc) is 2.75. The summed E-state index contributed by atoms with van der Waals surface area (Å²) in [6.07, 6.45) is 0. The molecule has 1 amide bonds. The van der Waals surface area contributed by atoms with E-state index in [2.05, 4.69) is 5.32 Å². The fraction of sp³-hybridized carbons (Fsp3) is 0.435. The van der Waals surface area contributed by atoms with Gasteiger partial charge in [-0.3, -0.25) is 9.10 Å². The van der Waals surface area contributed by atoms with Gasteiger partial charge in [-0.1, -0.05) is 27.7 Å². The summed E-state index contributed by atoms with van der Waals surface area (Å²) in [4.78, 5) is 12.8. The highest BCUT2D eigenvalue weighted by Gasteiger charge is 2.30. The number of sulfonamides is 1. The van der Waals surface area contributed by atoms with Crippen LogP contribution in [0.2, 0.25) is 0 Å². The lowest BCUT2D eigenvalue weighted by Crippen LogP contribution is -2.47. The summed E-state index contributed by atoms with van der Waals surface area (Å²) in [6.45, 7) is 7.50. The molecule has 0 fully saturated rings. The first-order valence-corrected chi connectivity index (χ1v) is 11.7. The molecule has 0 spiro atoms. The number of nitrogens with one attached hydrogen (secondary N) is 1. The number of nitrogens with zero attached hydrogens (tertiary/aromatic N) is 1. The number of halogens is 1. The molecule has 0 saturated carbocycles. The minimum Gasteiger partial charge on any atom is -0.493 e. The number of carbonyl (C=O) groups excluding carboxylic acids is 1. The van der Waals surface area contributed by atoms with Gasteiger partial charge in [0.1, 0.15) is 12.4 Å². The molecular weight excluding hydrogens is 435 g/mol. The molecule has 0 unspecified atom stereocenters. The number of ether oxygens (including phenoxy) is 2. The number of hydrogen-bond donors (Lipinski definition) is 1. The number of amides is 1. The summed E-state index contributed by atoms with van der Waals surface area (Å²) in [5, 5.41) is 2.93. The standard InChI is InChI=1S/C23H31FN2O5S/c1-15(2)23(16(3)4)25-22(27)14-26(18-9-7-17(24)8-10-18)32(28,29)19-11-12-20(30-5)21(13-19)31-6/h7-13,15-16,23H,14H2,1-6H3,(H,25,27). The Labute approximate surface area is 189 Å². The van der Waals surface area contributed by atoms with Gasteiger partial charge in [0.15, 0.2) is 11.5 Å². The van der Waals surface area contributed by atoms with Gasteiger partial charge in [0.05, 0.1) is 24.8 Å². The van der Waals surface area contributed by atoms with E-state index < -0.39 is 28.3 Å². The Morgan fingerprint density at radius 3 is 2.03 bits per heavy atom. The molecule has 2 rings (SSSR count). The maximum absolute atomic E-state index is 13.5. The fourth-order valence-electron chi connectivity index (χ4n) is 3.49. The molecule has 1 N–H and O–H groups in total. The normalized spacial score (nSPS) is 11.7. The van der Waals surface area contributed by atoms with Gasteiger partial charge in [-0.25, -0.2) is 12.8 Å². The average molecular weight is 467 g/mol. The van der Waals surface area contributed by atoms with E-state index in [-0.39, 0.29) is 34.2 Å². The second kappa shape index (κ2) is 10.7. The second-order valence-electron chi connectivity index (χ2n) is 8.09. The number of rotatable bonds is 10. The van der Waals surface area contributed by atoms with Crippen molar-refractivity contribution in [2.45, 2.75) is 38.6 Å². The molecule has 0 aromatic heterocycles. The van der Waals surface area contributed by atoms with E-state index in [1.54, 1.807) is 0 Å². The van der Waals surface area contributed by atoms with Crippen molar-refractivity contribution in [1.82, 2.24) is 5.32 Å². The van der Waals surface area contributed by atoms with Crippen molar-refractivity contribution in [1.29, 1.82) is 0 Å². The molecule has 0 atom stereocenters. The molecule has 0 bridgehead atoms. The van der Waals surface area contributed by atoms with E-state index in [1.165, 1.54) is 44.6 Å². The lowest BCUT2D eigenvalue weighted by Gasteiger charge is -2.29. The third-order valence-electron chi connectivity index (χ3n) is 5.11. The zero-order valence-electron chi connectivity index (χ0n) is 19.3. The Morgan fingerprint density at radius 1 is 0.969 bits per heavy atom. The summed E-state index contributed by atoms with van der Waals surface area (Å²) in [5.74, 6) is -0.0283. The first-order chi connectivity index (χ1) is 15.0. The molecule has 2 aromatic rings. The fourth-order valence-corrected chi connectivity index (χ4v) is 4.93. The third-order valence-corrected chi connectivity index (χ3v) is 6.88. The Kier molecular flexibility index (Phi) is 8.49. The van der Waals surface area contributed by atoms with Gasteiger partial charge in [0.25, 0.3) is 10.0 Å². The van der Waals surface area contributed by atoms with E-state index in [9.17, 15) is 17.6 Å². The maximum Gasteiger partial charge on any atom is 0.264 e. The molecule has 0 aliphatic rings. The van der Waals surface area contributed by atoms with Crippen molar-refractivity contribution >= 4 is 21.6 Å². The molecule has 32 heavy (non-hydrogen) atoms. The van der Waals surface area contributed by atoms with Crippen LogP contribution in [0.3, 0.4) is 0 Å². The number of methoxy groups -OCH3 is 2. The van der Waals surface area contributed by atoms with Crippen LogP contribution in [-0.4, -0.2) is 41.1 Å². The summed E-state index contributed by atoms with van der Waals surface area (Å²) in [6, 6.07) is 8.99. The van der Waals surface area contributed by atoms with Crippen LogP contribution < -0.4 is 19.1 Å². The smallest absolute Gasteiger partial charge is 0.264 e. The van der Waals surface area contributed by atoms with Crippen LogP contribution in [-0.2, 0) is 14.8 Å². The van der Waals surface area contributed by atoms with Gasteiger partial charge in [-0.2, -0.15) is 0 Å². The lowest BCUT2D eigenvalue weighted by molar-refractivity contribution is -0.121. The van der Waals surface area contributed by atoms with Crippen LogP contribution in [0, 0.1) is 17.7 Å². The zero-order chi connectivity index (χ0) is 24.1. The summed E-state index contributed by atoms with van der Waals surface area (Å²) >= 11 is 0. The molecule has 9 heteroatoms. The summed E-state index contributed by atoms with van der Waals surface area (Å²) in [7, 11) is -1.34.